The van der Waals surface area contributed by atoms with Crippen molar-refractivity contribution in [2.75, 3.05) is 14.2 Å². The normalized spacial score (nSPS) is 34.5. The molecule has 0 bridgehead atoms. The Bertz CT molecular complexity index is 156. The first-order valence-electron chi connectivity index (χ1n) is 4.98. The molecule has 76 valence electrons. The molecule has 0 saturated heterocycles. The zero-order valence-corrected chi connectivity index (χ0v) is 8.66. The maximum absolute atomic E-state index is 5.41. The van der Waals surface area contributed by atoms with Gasteiger partial charge in [-0.1, -0.05) is 6.08 Å². The summed E-state index contributed by atoms with van der Waals surface area (Å²) in [6, 6.07) is 0. The average Bonchev–Trinajstić information content (AvgIpc) is 2.18. The zero-order chi connectivity index (χ0) is 9.68. The molecular weight excluding hydrogens is 164 g/mol. The van der Waals surface area contributed by atoms with Crippen LogP contribution in [0.5, 0.6) is 0 Å². The van der Waals surface area contributed by atoms with Gasteiger partial charge in [-0.15, -0.1) is 6.58 Å². The molecule has 0 aromatic rings. The second-order valence-corrected chi connectivity index (χ2v) is 3.75. The Labute approximate surface area is 80.9 Å². The van der Waals surface area contributed by atoms with Crippen LogP contribution in [0.4, 0.5) is 0 Å². The molecule has 1 rings (SSSR count). The number of methoxy groups -OCH3 is 2. The molecular formula is C11H20O2. The SMILES string of the molecule is C=CCC1CCC(OC)C(OC)C1. The van der Waals surface area contributed by atoms with E-state index in [0.29, 0.717) is 6.10 Å². The monoisotopic (exact) mass is 184 g/mol. The maximum Gasteiger partial charge on any atom is 0.0835 e. The number of hydrogen-bond acceptors (Lipinski definition) is 2. The minimum Gasteiger partial charge on any atom is -0.379 e. The second kappa shape index (κ2) is 5.40. The number of allylic oxidation sites excluding steroid dienone is 1. The van der Waals surface area contributed by atoms with Crippen molar-refractivity contribution in [2.24, 2.45) is 5.92 Å². The van der Waals surface area contributed by atoms with E-state index in [2.05, 4.69) is 6.58 Å². The van der Waals surface area contributed by atoms with Gasteiger partial charge in [0.1, 0.15) is 0 Å². The van der Waals surface area contributed by atoms with Crippen LogP contribution in [0.15, 0.2) is 12.7 Å². The lowest BCUT2D eigenvalue weighted by atomic mass is 9.83. The van der Waals surface area contributed by atoms with E-state index in [1.165, 1.54) is 6.42 Å². The Kier molecular flexibility index (Phi) is 4.46. The zero-order valence-electron chi connectivity index (χ0n) is 8.66. The Morgan fingerprint density at radius 2 is 1.92 bits per heavy atom. The number of hydrogen-bond donors (Lipinski definition) is 0. The molecule has 0 heterocycles. The lowest BCUT2D eigenvalue weighted by Gasteiger charge is -2.33. The minimum atomic E-state index is 0.281. The fourth-order valence-corrected chi connectivity index (χ4v) is 2.15. The highest BCUT2D eigenvalue weighted by Gasteiger charge is 2.29. The Morgan fingerprint density at radius 3 is 2.46 bits per heavy atom. The van der Waals surface area contributed by atoms with Crippen LogP contribution in [-0.2, 0) is 9.47 Å². The minimum absolute atomic E-state index is 0.281. The first kappa shape index (κ1) is 10.7. The van der Waals surface area contributed by atoms with Gasteiger partial charge < -0.3 is 9.47 Å². The van der Waals surface area contributed by atoms with Gasteiger partial charge in [0.25, 0.3) is 0 Å². The standard InChI is InChI=1S/C11H20O2/c1-4-5-9-6-7-10(12-2)11(8-9)13-3/h4,9-11H,1,5-8H2,2-3H3. The van der Waals surface area contributed by atoms with Gasteiger partial charge in [0.2, 0.25) is 0 Å². The summed E-state index contributed by atoms with van der Waals surface area (Å²) in [5, 5.41) is 0. The van der Waals surface area contributed by atoms with Gasteiger partial charge in [0.15, 0.2) is 0 Å². The van der Waals surface area contributed by atoms with Crippen molar-refractivity contribution in [3.8, 4) is 0 Å². The van der Waals surface area contributed by atoms with Crippen LogP contribution in [0.25, 0.3) is 0 Å². The molecule has 1 aliphatic rings. The summed E-state index contributed by atoms with van der Waals surface area (Å²) in [6.07, 6.45) is 7.16. The smallest absolute Gasteiger partial charge is 0.0835 e. The van der Waals surface area contributed by atoms with Crippen LogP contribution in [0.3, 0.4) is 0 Å². The summed E-state index contributed by atoms with van der Waals surface area (Å²) < 4.78 is 10.8. The molecule has 0 aliphatic heterocycles. The third-order valence-electron chi connectivity index (χ3n) is 2.95. The highest BCUT2D eigenvalue weighted by atomic mass is 16.5. The molecule has 0 aromatic heterocycles. The van der Waals surface area contributed by atoms with Gasteiger partial charge in [-0.05, 0) is 31.6 Å². The molecule has 1 fully saturated rings. The van der Waals surface area contributed by atoms with Gasteiger partial charge in [0, 0.05) is 14.2 Å². The quantitative estimate of drug-likeness (QED) is 0.625. The summed E-state index contributed by atoms with van der Waals surface area (Å²) in [6.45, 7) is 3.77. The molecule has 2 heteroatoms. The van der Waals surface area contributed by atoms with Crippen molar-refractivity contribution in [3.63, 3.8) is 0 Å². The molecule has 1 saturated carbocycles. The summed E-state index contributed by atoms with van der Waals surface area (Å²) in [4.78, 5) is 0. The van der Waals surface area contributed by atoms with Crippen LogP contribution in [0, 0.1) is 5.92 Å². The van der Waals surface area contributed by atoms with Gasteiger partial charge >= 0.3 is 0 Å². The Balaban J connectivity index is 2.42. The van der Waals surface area contributed by atoms with E-state index < -0.39 is 0 Å². The first-order valence-corrected chi connectivity index (χ1v) is 4.98. The van der Waals surface area contributed by atoms with Gasteiger partial charge in [-0.25, -0.2) is 0 Å². The van der Waals surface area contributed by atoms with Crippen molar-refractivity contribution in [3.05, 3.63) is 12.7 Å². The summed E-state index contributed by atoms with van der Waals surface area (Å²) in [5.41, 5.74) is 0. The van der Waals surface area contributed by atoms with Crippen molar-refractivity contribution in [1.82, 2.24) is 0 Å². The average molecular weight is 184 g/mol. The van der Waals surface area contributed by atoms with Crippen LogP contribution in [-0.4, -0.2) is 26.4 Å². The molecule has 0 N–H and O–H groups in total. The molecule has 13 heavy (non-hydrogen) atoms. The van der Waals surface area contributed by atoms with Gasteiger partial charge in [-0.2, -0.15) is 0 Å². The van der Waals surface area contributed by atoms with Crippen LogP contribution >= 0.6 is 0 Å². The lowest BCUT2D eigenvalue weighted by Crippen LogP contribution is -2.36. The van der Waals surface area contributed by atoms with Gasteiger partial charge in [-0.3, -0.25) is 0 Å². The third kappa shape index (κ3) is 2.82. The predicted octanol–water partition coefficient (Wildman–Crippen LogP) is 2.39. The van der Waals surface area contributed by atoms with E-state index >= 15 is 0 Å². The molecule has 2 nitrogen and oxygen atoms in total. The van der Waals surface area contributed by atoms with Crippen LogP contribution in [0.2, 0.25) is 0 Å². The topological polar surface area (TPSA) is 18.5 Å². The second-order valence-electron chi connectivity index (χ2n) is 3.75. The van der Waals surface area contributed by atoms with E-state index in [9.17, 15) is 0 Å². The molecule has 1 aliphatic carbocycles. The van der Waals surface area contributed by atoms with Gasteiger partial charge in [0.05, 0.1) is 12.2 Å². The van der Waals surface area contributed by atoms with E-state index in [1.54, 1.807) is 14.2 Å². The predicted molar refractivity (Wildman–Crippen MR) is 53.7 cm³/mol. The van der Waals surface area contributed by atoms with Crippen LogP contribution < -0.4 is 0 Å². The van der Waals surface area contributed by atoms with E-state index in [0.717, 1.165) is 25.2 Å². The molecule has 0 spiro atoms. The molecule has 3 unspecified atom stereocenters. The third-order valence-corrected chi connectivity index (χ3v) is 2.95. The first-order chi connectivity index (χ1) is 6.31. The van der Waals surface area contributed by atoms with Crippen molar-refractivity contribution in [1.29, 1.82) is 0 Å². The molecule has 0 aromatic carbocycles. The highest BCUT2D eigenvalue weighted by molar-refractivity contribution is 4.84. The Morgan fingerprint density at radius 1 is 1.23 bits per heavy atom. The van der Waals surface area contributed by atoms with Crippen molar-refractivity contribution >= 4 is 0 Å². The fraction of sp³-hybridized carbons (Fsp3) is 0.818. The molecule has 0 radical (unpaired) electrons. The molecule has 0 amide bonds. The fourth-order valence-electron chi connectivity index (χ4n) is 2.15. The summed E-state index contributed by atoms with van der Waals surface area (Å²) in [5.74, 6) is 0.744. The van der Waals surface area contributed by atoms with E-state index in [4.69, 9.17) is 9.47 Å². The molecule has 3 atom stereocenters. The largest absolute Gasteiger partial charge is 0.379 e. The van der Waals surface area contributed by atoms with E-state index in [1.807, 2.05) is 6.08 Å². The van der Waals surface area contributed by atoms with Crippen molar-refractivity contribution < 1.29 is 9.47 Å². The number of ether oxygens (including phenoxy) is 2. The van der Waals surface area contributed by atoms with E-state index in [-0.39, 0.29) is 6.10 Å². The summed E-state index contributed by atoms with van der Waals surface area (Å²) in [7, 11) is 3.54. The van der Waals surface area contributed by atoms with Crippen LogP contribution in [0.1, 0.15) is 25.7 Å². The summed E-state index contributed by atoms with van der Waals surface area (Å²) >= 11 is 0. The van der Waals surface area contributed by atoms with Crippen molar-refractivity contribution in [2.45, 2.75) is 37.9 Å². The number of rotatable bonds is 4. The lowest BCUT2D eigenvalue weighted by molar-refractivity contribution is -0.0699. The highest BCUT2D eigenvalue weighted by Crippen LogP contribution is 2.30. The maximum atomic E-state index is 5.41. The Hall–Kier alpha value is -0.340.